The van der Waals surface area contributed by atoms with Crippen LogP contribution in [0.25, 0.3) is 11.3 Å². The quantitative estimate of drug-likeness (QED) is 0.920. The molecular formula is C15H18N2O2. The van der Waals surface area contributed by atoms with Crippen molar-refractivity contribution >= 4 is 5.69 Å². The summed E-state index contributed by atoms with van der Waals surface area (Å²) in [5.74, 6) is 0.747. The molecule has 0 unspecified atom stereocenters. The predicted molar refractivity (Wildman–Crippen MR) is 77.5 cm³/mol. The fraction of sp³-hybridized carbons (Fsp3) is 0.267. The monoisotopic (exact) mass is 258 g/mol. The highest BCUT2D eigenvalue weighted by atomic mass is 16.5. The number of nitrogens with two attached hydrogens (primary N) is 1. The number of ether oxygens (including phenoxy) is 1. The highest BCUT2D eigenvalue weighted by Gasteiger charge is 2.12. The van der Waals surface area contributed by atoms with Gasteiger partial charge in [-0.1, -0.05) is 11.6 Å². The summed E-state index contributed by atoms with van der Waals surface area (Å²) in [5.41, 5.74) is 8.62. The summed E-state index contributed by atoms with van der Waals surface area (Å²) in [7, 11) is 1.62. The van der Waals surface area contributed by atoms with E-state index in [0.29, 0.717) is 6.54 Å². The van der Waals surface area contributed by atoms with Crippen molar-refractivity contribution in [1.82, 2.24) is 4.57 Å². The van der Waals surface area contributed by atoms with Gasteiger partial charge < -0.3 is 15.0 Å². The molecule has 0 aliphatic heterocycles. The molecule has 2 aromatic rings. The van der Waals surface area contributed by atoms with Gasteiger partial charge in [-0.3, -0.25) is 4.79 Å². The number of nitrogen functional groups attached to an aromatic ring is 1. The third kappa shape index (κ3) is 2.34. The van der Waals surface area contributed by atoms with Crippen molar-refractivity contribution < 1.29 is 4.74 Å². The number of rotatable bonds is 3. The van der Waals surface area contributed by atoms with Crippen LogP contribution < -0.4 is 16.0 Å². The predicted octanol–water partition coefficient (Wildman–Crippen LogP) is 2.43. The largest absolute Gasteiger partial charge is 0.496 e. The average Bonchev–Trinajstić information content (AvgIpc) is 2.41. The van der Waals surface area contributed by atoms with Crippen LogP contribution in [-0.2, 0) is 6.54 Å². The van der Waals surface area contributed by atoms with Crippen LogP contribution in [0.3, 0.4) is 0 Å². The minimum absolute atomic E-state index is 0.163. The summed E-state index contributed by atoms with van der Waals surface area (Å²) in [6.07, 6.45) is 0. The van der Waals surface area contributed by atoms with Gasteiger partial charge in [0, 0.05) is 12.1 Å². The SMILES string of the molecule is CCn1c(-c2cc(C)ccc2OC)ccc(N)c1=O. The van der Waals surface area contributed by atoms with Gasteiger partial charge in [0.2, 0.25) is 0 Å². The molecule has 2 rings (SSSR count). The highest BCUT2D eigenvalue weighted by Crippen LogP contribution is 2.30. The molecular weight excluding hydrogens is 240 g/mol. The van der Waals surface area contributed by atoms with E-state index >= 15 is 0 Å². The van der Waals surface area contributed by atoms with Gasteiger partial charge in [-0.25, -0.2) is 0 Å². The average molecular weight is 258 g/mol. The molecule has 0 saturated carbocycles. The zero-order valence-corrected chi connectivity index (χ0v) is 11.4. The Morgan fingerprint density at radius 2 is 2.00 bits per heavy atom. The van der Waals surface area contributed by atoms with Crippen LogP contribution in [-0.4, -0.2) is 11.7 Å². The molecule has 0 radical (unpaired) electrons. The van der Waals surface area contributed by atoms with E-state index in [4.69, 9.17) is 10.5 Å². The number of aryl methyl sites for hydroxylation is 1. The second-order valence-corrected chi connectivity index (χ2v) is 4.43. The molecule has 19 heavy (non-hydrogen) atoms. The third-order valence-electron chi connectivity index (χ3n) is 3.15. The first-order valence-corrected chi connectivity index (χ1v) is 6.22. The summed E-state index contributed by atoms with van der Waals surface area (Å²) < 4.78 is 7.04. The van der Waals surface area contributed by atoms with Gasteiger partial charge in [-0.05, 0) is 38.1 Å². The normalized spacial score (nSPS) is 10.5. The molecule has 1 heterocycles. The standard InChI is InChI=1S/C15H18N2O2/c1-4-17-13(7-6-12(16)15(17)18)11-9-10(2)5-8-14(11)19-3/h5-9H,4,16H2,1-3H3. The van der Waals surface area contributed by atoms with Crippen molar-refractivity contribution in [2.45, 2.75) is 20.4 Å². The molecule has 0 amide bonds. The van der Waals surface area contributed by atoms with Gasteiger partial charge in [0.15, 0.2) is 0 Å². The Morgan fingerprint density at radius 1 is 1.26 bits per heavy atom. The van der Waals surface area contributed by atoms with Crippen LogP contribution in [0.15, 0.2) is 35.1 Å². The number of aromatic nitrogens is 1. The van der Waals surface area contributed by atoms with Crippen molar-refractivity contribution in [2.75, 3.05) is 12.8 Å². The molecule has 0 bridgehead atoms. The Morgan fingerprint density at radius 3 is 2.63 bits per heavy atom. The molecule has 0 spiro atoms. The summed E-state index contributed by atoms with van der Waals surface area (Å²) in [4.78, 5) is 12.1. The van der Waals surface area contributed by atoms with Crippen LogP contribution in [0, 0.1) is 6.92 Å². The maximum atomic E-state index is 12.1. The molecule has 0 aliphatic carbocycles. The van der Waals surface area contributed by atoms with Crippen LogP contribution in [0.4, 0.5) is 5.69 Å². The maximum absolute atomic E-state index is 12.1. The zero-order valence-electron chi connectivity index (χ0n) is 11.4. The van der Waals surface area contributed by atoms with Crippen LogP contribution in [0.1, 0.15) is 12.5 Å². The fourth-order valence-corrected chi connectivity index (χ4v) is 2.17. The number of methoxy groups -OCH3 is 1. The molecule has 4 heteroatoms. The van der Waals surface area contributed by atoms with E-state index in [9.17, 15) is 4.79 Å². The Bertz CT molecular complexity index is 660. The van der Waals surface area contributed by atoms with Crippen molar-refractivity contribution in [2.24, 2.45) is 0 Å². The van der Waals surface area contributed by atoms with E-state index in [-0.39, 0.29) is 11.2 Å². The summed E-state index contributed by atoms with van der Waals surface area (Å²) in [6.45, 7) is 4.50. The number of anilines is 1. The van der Waals surface area contributed by atoms with E-state index < -0.39 is 0 Å². The fourth-order valence-electron chi connectivity index (χ4n) is 2.17. The van der Waals surface area contributed by atoms with E-state index in [1.54, 1.807) is 17.7 Å². The van der Waals surface area contributed by atoms with E-state index in [1.807, 2.05) is 38.1 Å². The lowest BCUT2D eigenvalue weighted by atomic mass is 10.1. The number of benzene rings is 1. The van der Waals surface area contributed by atoms with Crippen molar-refractivity contribution in [3.8, 4) is 17.0 Å². The molecule has 0 aliphatic rings. The van der Waals surface area contributed by atoms with Gasteiger partial charge in [-0.15, -0.1) is 0 Å². The van der Waals surface area contributed by atoms with Crippen molar-refractivity contribution in [1.29, 1.82) is 0 Å². The third-order valence-corrected chi connectivity index (χ3v) is 3.15. The van der Waals surface area contributed by atoms with Gasteiger partial charge >= 0.3 is 0 Å². The number of hydrogen-bond donors (Lipinski definition) is 1. The number of pyridine rings is 1. The van der Waals surface area contributed by atoms with Gasteiger partial charge in [0.1, 0.15) is 5.75 Å². The number of hydrogen-bond acceptors (Lipinski definition) is 3. The maximum Gasteiger partial charge on any atom is 0.274 e. The smallest absolute Gasteiger partial charge is 0.274 e. The minimum Gasteiger partial charge on any atom is -0.496 e. The molecule has 100 valence electrons. The second-order valence-electron chi connectivity index (χ2n) is 4.43. The van der Waals surface area contributed by atoms with E-state index in [0.717, 1.165) is 22.6 Å². The topological polar surface area (TPSA) is 57.2 Å². The number of nitrogens with zero attached hydrogens (tertiary/aromatic N) is 1. The first kappa shape index (κ1) is 13.2. The van der Waals surface area contributed by atoms with Gasteiger partial charge in [0.05, 0.1) is 18.5 Å². The summed E-state index contributed by atoms with van der Waals surface area (Å²) >= 11 is 0. The molecule has 0 fully saturated rings. The Balaban J connectivity index is 2.75. The lowest BCUT2D eigenvalue weighted by Gasteiger charge is -2.15. The Labute approximate surface area is 112 Å². The lowest BCUT2D eigenvalue weighted by molar-refractivity contribution is 0.416. The summed E-state index contributed by atoms with van der Waals surface area (Å²) in [5, 5.41) is 0. The van der Waals surface area contributed by atoms with E-state index in [2.05, 4.69) is 0 Å². The molecule has 1 aromatic heterocycles. The van der Waals surface area contributed by atoms with Crippen LogP contribution in [0.2, 0.25) is 0 Å². The Kier molecular flexibility index (Phi) is 3.60. The zero-order chi connectivity index (χ0) is 14.0. The highest BCUT2D eigenvalue weighted by molar-refractivity contribution is 5.69. The van der Waals surface area contributed by atoms with Crippen LogP contribution in [0.5, 0.6) is 5.75 Å². The molecule has 1 aromatic carbocycles. The summed E-state index contributed by atoms with van der Waals surface area (Å²) in [6, 6.07) is 9.40. The lowest BCUT2D eigenvalue weighted by Crippen LogP contribution is -2.23. The molecule has 2 N–H and O–H groups in total. The Hall–Kier alpha value is -2.23. The van der Waals surface area contributed by atoms with Crippen molar-refractivity contribution in [3.63, 3.8) is 0 Å². The minimum atomic E-state index is -0.163. The first-order valence-electron chi connectivity index (χ1n) is 6.22. The van der Waals surface area contributed by atoms with Gasteiger partial charge in [-0.2, -0.15) is 0 Å². The molecule has 0 atom stereocenters. The molecule has 0 saturated heterocycles. The van der Waals surface area contributed by atoms with Gasteiger partial charge in [0.25, 0.3) is 5.56 Å². The first-order chi connectivity index (χ1) is 9.08. The second kappa shape index (κ2) is 5.18. The molecule has 4 nitrogen and oxygen atoms in total. The van der Waals surface area contributed by atoms with Crippen LogP contribution >= 0.6 is 0 Å². The van der Waals surface area contributed by atoms with Crippen molar-refractivity contribution in [3.05, 3.63) is 46.2 Å². The van der Waals surface area contributed by atoms with E-state index in [1.165, 1.54) is 0 Å².